The van der Waals surface area contributed by atoms with E-state index < -0.39 is 0 Å². The zero-order valence-corrected chi connectivity index (χ0v) is 26.1. The third-order valence-electron chi connectivity index (χ3n) is 7.90. The van der Waals surface area contributed by atoms with Crippen LogP contribution in [0.1, 0.15) is 73.6 Å². The van der Waals surface area contributed by atoms with Gasteiger partial charge in [-0.1, -0.05) is 18.1 Å². The summed E-state index contributed by atoms with van der Waals surface area (Å²) in [5.74, 6) is 1.91. The Morgan fingerprint density at radius 2 is 1.50 bits per heavy atom. The van der Waals surface area contributed by atoms with Gasteiger partial charge in [-0.3, -0.25) is 19.6 Å². The minimum absolute atomic E-state index is 0.0591. The molecule has 5 rings (SSSR count). The van der Waals surface area contributed by atoms with Crippen LogP contribution in [0.15, 0.2) is 57.8 Å². The number of aliphatic imine (C=N–C) groups is 2. The van der Waals surface area contributed by atoms with Gasteiger partial charge in [0.15, 0.2) is 23.0 Å². The summed E-state index contributed by atoms with van der Waals surface area (Å²) in [6.45, 7) is 7.44. The molecular weight excluding hydrogens is 560 g/mol. The maximum absolute atomic E-state index is 13.2. The topological polar surface area (TPSA) is 102 Å². The molecule has 2 amide bonds. The number of benzene rings is 2. The minimum atomic E-state index is -0.118. The fourth-order valence-electron chi connectivity index (χ4n) is 5.33. The summed E-state index contributed by atoms with van der Waals surface area (Å²) in [7, 11) is 3.13. The number of carbonyl (C=O) groups is 2. The molecule has 0 bridgehead atoms. The molecule has 1 atom stereocenters. The number of hydrogen-bond donors (Lipinski definition) is 0. The van der Waals surface area contributed by atoms with Gasteiger partial charge in [0.2, 0.25) is 0 Å². The van der Waals surface area contributed by atoms with E-state index >= 15 is 0 Å². The summed E-state index contributed by atoms with van der Waals surface area (Å²) in [6, 6.07) is 6.91. The van der Waals surface area contributed by atoms with Gasteiger partial charge in [0, 0.05) is 37.0 Å². The van der Waals surface area contributed by atoms with Crippen molar-refractivity contribution in [3.63, 3.8) is 0 Å². The van der Waals surface area contributed by atoms with Crippen molar-refractivity contribution < 1.29 is 28.5 Å². The molecule has 10 heteroatoms. The van der Waals surface area contributed by atoms with Crippen LogP contribution >= 0.6 is 0 Å². The quantitative estimate of drug-likeness (QED) is 0.253. The highest BCUT2D eigenvalue weighted by Gasteiger charge is 2.32. The van der Waals surface area contributed by atoms with Gasteiger partial charge in [-0.05, 0) is 58.1 Å². The van der Waals surface area contributed by atoms with E-state index in [9.17, 15) is 9.59 Å². The summed E-state index contributed by atoms with van der Waals surface area (Å²) in [6.07, 6.45) is 11.5. The molecular formula is C34H40N4O6. The molecule has 3 aliphatic rings. The Morgan fingerprint density at radius 1 is 0.886 bits per heavy atom. The van der Waals surface area contributed by atoms with Crippen LogP contribution in [0.5, 0.6) is 23.0 Å². The van der Waals surface area contributed by atoms with Crippen LogP contribution in [-0.2, 0) is 0 Å². The van der Waals surface area contributed by atoms with Gasteiger partial charge < -0.3 is 28.7 Å². The van der Waals surface area contributed by atoms with E-state index in [-0.39, 0.29) is 17.9 Å². The zero-order valence-electron chi connectivity index (χ0n) is 26.1. The van der Waals surface area contributed by atoms with Gasteiger partial charge in [0.05, 0.1) is 62.5 Å². The van der Waals surface area contributed by atoms with E-state index in [1.54, 1.807) is 54.5 Å². The van der Waals surface area contributed by atoms with Gasteiger partial charge in [-0.25, -0.2) is 0 Å². The Labute approximate surface area is 258 Å². The summed E-state index contributed by atoms with van der Waals surface area (Å²) in [5, 5.41) is 0. The Balaban J connectivity index is 1.14. The summed E-state index contributed by atoms with van der Waals surface area (Å²) >= 11 is 0. The maximum Gasteiger partial charge on any atom is 0.260 e. The third-order valence-corrected chi connectivity index (χ3v) is 7.90. The van der Waals surface area contributed by atoms with Gasteiger partial charge >= 0.3 is 0 Å². The van der Waals surface area contributed by atoms with Crippen LogP contribution in [0.2, 0.25) is 0 Å². The monoisotopic (exact) mass is 600 g/mol. The van der Waals surface area contributed by atoms with Crippen LogP contribution < -0.4 is 18.9 Å². The third kappa shape index (κ3) is 6.64. The second-order valence-electron chi connectivity index (χ2n) is 11.1. The lowest BCUT2D eigenvalue weighted by Gasteiger charge is -2.19. The van der Waals surface area contributed by atoms with E-state index in [2.05, 4.69) is 16.9 Å². The molecule has 10 nitrogen and oxygen atoms in total. The first-order valence-corrected chi connectivity index (χ1v) is 15.1. The van der Waals surface area contributed by atoms with Gasteiger partial charge in [0.25, 0.3) is 11.8 Å². The number of unbranched alkanes of at least 4 members (excludes halogenated alkanes) is 2. The van der Waals surface area contributed by atoms with E-state index in [1.807, 2.05) is 32.5 Å². The molecule has 2 aromatic rings. The number of carbonyl (C=O) groups excluding carboxylic acids is 2. The smallest absolute Gasteiger partial charge is 0.260 e. The van der Waals surface area contributed by atoms with Crippen molar-refractivity contribution in [2.75, 3.05) is 34.0 Å². The number of nitrogens with zero attached hydrogens (tertiary/aromatic N) is 4. The first kappa shape index (κ1) is 30.8. The molecule has 44 heavy (non-hydrogen) atoms. The first-order chi connectivity index (χ1) is 21.3. The lowest BCUT2D eigenvalue weighted by Crippen LogP contribution is -2.32. The predicted molar refractivity (Wildman–Crippen MR) is 171 cm³/mol. The molecule has 232 valence electrons. The predicted octanol–water partition coefficient (Wildman–Crippen LogP) is 6.64. The molecule has 0 aromatic heterocycles. The van der Waals surface area contributed by atoms with E-state index in [0.717, 1.165) is 43.3 Å². The SMILES string of the molecule is CC/C(C)=C\N1CC=Nc2cc(OCCCCCOc3cc4c(cc3OC)C(=O)N3C=C(C)C[C@H]3C=N4)c(OC)cc2C1=O. The average Bonchev–Trinajstić information content (AvgIpc) is 3.28. The standard InChI is InChI=1S/C34H40N4O6/c1-6-22(2)20-37-11-10-35-27-17-31(29(41-4)15-25(27)33(37)39)43-12-8-7-9-13-44-32-18-28-26(16-30(32)42-5)34(40)38-21-23(3)14-24(38)19-36-28/h10,15-21,24H,6-9,11-14H2,1-5H3/b22-20-/t24-/m0/s1. The van der Waals surface area contributed by atoms with Crippen molar-refractivity contribution in [3.05, 3.63) is 58.9 Å². The van der Waals surface area contributed by atoms with Crippen LogP contribution in [0.4, 0.5) is 11.4 Å². The second-order valence-corrected chi connectivity index (χ2v) is 11.1. The molecule has 0 radical (unpaired) electrons. The molecule has 0 saturated carbocycles. The largest absolute Gasteiger partial charge is 0.493 e. The van der Waals surface area contributed by atoms with Crippen LogP contribution in [0.3, 0.4) is 0 Å². The fourth-order valence-corrected chi connectivity index (χ4v) is 5.33. The molecule has 2 aromatic carbocycles. The lowest BCUT2D eigenvalue weighted by molar-refractivity contribution is 0.0815. The highest BCUT2D eigenvalue weighted by molar-refractivity contribution is 6.04. The van der Waals surface area contributed by atoms with E-state index in [4.69, 9.17) is 18.9 Å². The molecule has 0 saturated heterocycles. The molecule has 3 heterocycles. The Bertz CT molecular complexity index is 1540. The number of methoxy groups -OCH3 is 2. The normalized spacial score (nSPS) is 17.4. The van der Waals surface area contributed by atoms with Crippen LogP contribution in [-0.4, -0.2) is 74.1 Å². The minimum Gasteiger partial charge on any atom is -0.493 e. The first-order valence-electron chi connectivity index (χ1n) is 15.1. The highest BCUT2D eigenvalue weighted by atomic mass is 16.5. The zero-order chi connectivity index (χ0) is 31.2. The maximum atomic E-state index is 13.2. The molecule has 0 unspecified atom stereocenters. The number of amides is 2. The molecule has 3 aliphatic heterocycles. The Kier molecular flexibility index (Phi) is 9.67. The summed E-state index contributed by atoms with van der Waals surface area (Å²) in [5.41, 5.74) is 4.40. The molecule has 0 fully saturated rings. The molecule has 0 spiro atoms. The Morgan fingerprint density at radius 3 is 2.11 bits per heavy atom. The number of allylic oxidation sites excluding steroid dienone is 1. The van der Waals surface area contributed by atoms with E-state index in [1.165, 1.54) is 0 Å². The highest BCUT2D eigenvalue weighted by Crippen LogP contribution is 2.39. The van der Waals surface area contributed by atoms with Crippen molar-refractivity contribution in [3.8, 4) is 23.0 Å². The van der Waals surface area contributed by atoms with Crippen molar-refractivity contribution in [2.45, 2.75) is 58.9 Å². The average molecular weight is 601 g/mol. The summed E-state index contributed by atoms with van der Waals surface area (Å²) in [4.78, 5) is 38.9. The molecule has 0 N–H and O–H groups in total. The van der Waals surface area contributed by atoms with Crippen LogP contribution in [0.25, 0.3) is 0 Å². The second kappa shape index (κ2) is 13.8. The van der Waals surface area contributed by atoms with Crippen molar-refractivity contribution in [1.82, 2.24) is 9.80 Å². The van der Waals surface area contributed by atoms with Gasteiger partial charge in [-0.2, -0.15) is 0 Å². The number of rotatable bonds is 12. The number of hydrogen-bond acceptors (Lipinski definition) is 8. The summed E-state index contributed by atoms with van der Waals surface area (Å²) < 4.78 is 23.2. The van der Waals surface area contributed by atoms with Gasteiger partial charge in [-0.15, -0.1) is 0 Å². The van der Waals surface area contributed by atoms with E-state index in [0.29, 0.717) is 65.3 Å². The fraction of sp³-hybridized carbons (Fsp3) is 0.412. The lowest BCUT2D eigenvalue weighted by atomic mass is 10.1. The number of fused-ring (bicyclic) bond motifs is 3. The van der Waals surface area contributed by atoms with Crippen molar-refractivity contribution in [2.24, 2.45) is 9.98 Å². The Hall–Kier alpha value is -4.60. The number of ether oxygens (including phenoxy) is 4. The van der Waals surface area contributed by atoms with Crippen LogP contribution in [0, 0.1) is 0 Å². The van der Waals surface area contributed by atoms with Gasteiger partial charge in [0.1, 0.15) is 0 Å². The van der Waals surface area contributed by atoms with Crippen molar-refractivity contribution >= 4 is 35.6 Å². The van der Waals surface area contributed by atoms with Crippen molar-refractivity contribution in [1.29, 1.82) is 0 Å². The molecule has 0 aliphatic carbocycles.